The lowest BCUT2D eigenvalue weighted by Gasteiger charge is -2.12. The molecule has 1 nitrogen and oxygen atoms in total. The van der Waals surface area contributed by atoms with Gasteiger partial charge in [0.1, 0.15) is 0 Å². The van der Waals surface area contributed by atoms with Gasteiger partial charge in [0.05, 0.1) is 4.91 Å². The SMILES string of the molecule is CC(=O)/C(Sc1ccc(C)cc1)=C(/C)C(C)C. The fourth-order valence-corrected chi connectivity index (χ4v) is 2.46. The molecule has 0 saturated heterocycles. The summed E-state index contributed by atoms with van der Waals surface area (Å²) in [5.74, 6) is 0.564. The van der Waals surface area contributed by atoms with Gasteiger partial charge in [0, 0.05) is 4.90 Å². The molecule has 0 unspecified atom stereocenters. The molecular formula is C15H20OS. The van der Waals surface area contributed by atoms with E-state index in [1.54, 1.807) is 18.7 Å². The van der Waals surface area contributed by atoms with Gasteiger partial charge < -0.3 is 0 Å². The molecule has 0 atom stereocenters. The zero-order valence-electron chi connectivity index (χ0n) is 11.2. The average Bonchev–Trinajstić information content (AvgIpc) is 2.26. The number of hydrogen-bond donors (Lipinski definition) is 0. The second kappa shape index (κ2) is 6.06. The van der Waals surface area contributed by atoms with E-state index in [-0.39, 0.29) is 5.78 Å². The fraction of sp³-hybridized carbons (Fsp3) is 0.400. The van der Waals surface area contributed by atoms with Crippen molar-refractivity contribution in [2.24, 2.45) is 5.92 Å². The molecule has 92 valence electrons. The minimum absolute atomic E-state index is 0.154. The van der Waals surface area contributed by atoms with Crippen molar-refractivity contribution in [3.05, 3.63) is 40.3 Å². The lowest BCUT2D eigenvalue weighted by molar-refractivity contribution is -0.113. The number of hydrogen-bond acceptors (Lipinski definition) is 2. The van der Waals surface area contributed by atoms with Crippen molar-refractivity contribution in [1.29, 1.82) is 0 Å². The number of ketones is 1. The molecule has 1 aromatic carbocycles. The van der Waals surface area contributed by atoms with Gasteiger partial charge in [-0.15, -0.1) is 0 Å². The van der Waals surface area contributed by atoms with Crippen molar-refractivity contribution in [2.75, 3.05) is 0 Å². The summed E-state index contributed by atoms with van der Waals surface area (Å²) < 4.78 is 0. The van der Waals surface area contributed by atoms with Crippen LogP contribution in [0.3, 0.4) is 0 Å². The Morgan fingerprint density at radius 3 is 2.06 bits per heavy atom. The maximum Gasteiger partial charge on any atom is 0.166 e. The normalized spacial score (nSPS) is 12.6. The van der Waals surface area contributed by atoms with Crippen molar-refractivity contribution in [3.63, 3.8) is 0 Å². The Labute approximate surface area is 108 Å². The predicted octanol–water partition coefficient (Wildman–Crippen LogP) is 4.61. The largest absolute Gasteiger partial charge is 0.294 e. The van der Waals surface area contributed by atoms with Gasteiger partial charge in [-0.2, -0.15) is 0 Å². The summed E-state index contributed by atoms with van der Waals surface area (Å²) in [7, 11) is 0. The Morgan fingerprint density at radius 2 is 1.65 bits per heavy atom. The van der Waals surface area contributed by atoms with Crippen LogP contribution in [-0.2, 0) is 4.79 Å². The van der Waals surface area contributed by atoms with Crippen molar-refractivity contribution in [1.82, 2.24) is 0 Å². The molecule has 0 aromatic heterocycles. The fourth-order valence-electron chi connectivity index (χ4n) is 1.42. The van der Waals surface area contributed by atoms with Crippen LogP contribution in [0.5, 0.6) is 0 Å². The third-order valence-corrected chi connectivity index (χ3v) is 4.11. The lowest BCUT2D eigenvalue weighted by Crippen LogP contribution is -2.01. The number of allylic oxidation sites excluding steroid dienone is 2. The molecule has 2 heteroatoms. The van der Waals surface area contributed by atoms with Gasteiger partial charge in [-0.25, -0.2) is 0 Å². The third kappa shape index (κ3) is 4.04. The number of carbonyl (C=O) groups is 1. The highest BCUT2D eigenvalue weighted by atomic mass is 32.2. The number of carbonyl (C=O) groups excluding carboxylic acids is 1. The Bertz CT molecular complexity index is 427. The molecule has 1 rings (SSSR count). The number of rotatable bonds is 4. The molecular weight excluding hydrogens is 228 g/mol. The van der Waals surface area contributed by atoms with Crippen molar-refractivity contribution in [3.8, 4) is 0 Å². The first kappa shape index (κ1) is 14.0. The third-order valence-electron chi connectivity index (χ3n) is 2.78. The van der Waals surface area contributed by atoms with Gasteiger partial charge in [0.15, 0.2) is 5.78 Å². The number of benzene rings is 1. The predicted molar refractivity (Wildman–Crippen MR) is 75.3 cm³/mol. The Kier molecular flexibility index (Phi) is 5.01. The second-order valence-corrected chi connectivity index (χ2v) is 5.72. The highest BCUT2D eigenvalue weighted by molar-refractivity contribution is 8.04. The van der Waals surface area contributed by atoms with Crippen LogP contribution in [0.25, 0.3) is 0 Å². The molecule has 0 N–H and O–H groups in total. The van der Waals surface area contributed by atoms with Gasteiger partial charge in [0.2, 0.25) is 0 Å². The van der Waals surface area contributed by atoms with E-state index >= 15 is 0 Å². The van der Waals surface area contributed by atoms with E-state index in [2.05, 4.69) is 45.0 Å². The van der Waals surface area contributed by atoms with E-state index in [9.17, 15) is 4.79 Å². The molecule has 0 aliphatic heterocycles. The summed E-state index contributed by atoms with van der Waals surface area (Å²) in [4.78, 5) is 13.7. The average molecular weight is 248 g/mol. The van der Waals surface area contributed by atoms with Crippen molar-refractivity contribution < 1.29 is 4.79 Å². The van der Waals surface area contributed by atoms with E-state index < -0.39 is 0 Å². The van der Waals surface area contributed by atoms with Crippen LogP contribution in [0.4, 0.5) is 0 Å². The van der Waals surface area contributed by atoms with Crippen LogP contribution in [0.1, 0.15) is 33.3 Å². The number of thioether (sulfide) groups is 1. The molecule has 0 fully saturated rings. The van der Waals surface area contributed by atoms with Crippen molar-refractivity contribution in [2.45, 2.75) is 39.5 Å². The molecule has 0 radical (unpaired) electrons. The highest BCUT2D eigenvalue weighted by Crippen LogP contribution is 2.32. The molecule has 0 saturated carbocycles. The van der Waals surface area contributed by atoms with E-state index in [0.717, 1.165) is 9.80 Å². The maximum absolute atomic E-state index is 11.7. The van der Waals surface area contributed by atoms with Gasteiger partial charge in [-0.1, -0.05) is 48.9 Å². The molecule has 0 aliphatic carbocycles. The molecule has 1 aromatic rings. The van der Waals surface area contributed by atoms with Crippen LogP contribution < -0.4 is 0 Å². The van der Waals surface area contributed by atoms with Gasteiger partial charge in [-0.3, -0.25) is 4.79 Å². The minimum atomic E-state index is 0.154. The van der Waals surface area contributed by atoms with E-state index in [0.29, 0.717) is 5.92 Å². The summed E-state index contributed by atoms with van der Waals surface area (Å²) in [6.07, 6.45) is 0. The summed E-state index contributed by atoms with van der Waals surface area (Å²) in [6.45, 7) is 9.99. The zero-order chi connectivity index (χ0) is 13.0. The zero-order valence-corrected chi connectivity index (χ0v) is 12.0. The number of aryl methyl sites for hydroxylation is 1. The van der Waals surface area contributed by atoms with Crippen LogP contribution in [0, 0.1) is 12.8 Å². The Balaban J connectivity index is 3.00. The molecule has 0 spiro atoms. The minimum Gasteiger partial charge on any atom is -0.294 e. The van der Waals surface area contributed by atoms with E-state index in [4.69, 9.17) is 0 Å². The monoisotopic (exact) mass is 248 g/mol. The van der Waals surface area contributed by atoms with Gasteiger partial charge in [0.25, 0.3) is 0 Å². The van der Waals surface area contributed by atoms with Crippen LogP contribution in [0.15, 0.2) is 39.6 Å². The number of Topliss-reactive ketones (excluding diaryl/α,β-unsaturated/α-hetero) is 1. The quantitative estimate of drug-likeness (QED) is 0.572. The maximum atomic E-state index is 11.7. The Morgan fingerprint density at radius 1 is 1.12 bits per heavy atom. The van der Waals surface area contributed by atoms with Crippen LogP contribution in [0.2, 0.25) is 0 Å². The first-order chi connectivity index (χ1) is 7.91. The smallest absolute Gasteiger partial charge is 0.166 e. The van der Waals surface area contributed by atoms with E-state index in [1.807, 2.05) is 6.92 Å². The highest BCUT2D eigenvalue weighted by Gasteiger charge is 2.12. The lowest BCUT2D eigenvalue weighted by atomic mass is 10.0. The van der Waals surface area contributed by atoms with Gasteiger partial charge in [-0.05, 0) is 38.8 Å². The topological polar surface area (TPSA) is 17.1 Å². The standard InChI is InChI=1S/C15H20OS/c1-10(2)12(4)15(13(5)16)17-14-8-6-11(3)7-9-14/h6-10H,1-5H3/b15-12+. The molecule has 0 aliphatic rings. The van der Waals surface area contributed by atoms with Gasteiger partial charge >= 0.3 is 0 Å². The Hall–Kier alpha value is -1.02. The molecule has 0 amide bonds. The van der Waals surface area contributed by atoms with Crippen LogP contribution >= 0.6 is 11.8 Å². The van der Waals surface area contributed by atoms with Crippen molar-refractivity contribution >= 4 is 17.5 Å². The first-order valence-corrected chi connectivity index (χ1v) is 6.69. The van der Waals surface area contributed by atoms with E-state index in [1.165, 1.54) is 11.1 Å². The summed E-state index contributed by atoms with van der Waals surface area (Å²) in [5, 5.41) is 0. The summed E-state index contributed by atoms with van der Waals surface area (Å²) in [5.41, 5.74) is 2.41. The molecule has 0 bridgehead atoms. The second-order valence-electron chi connectivity index (χ2n) is 4.64. The molecule has 0 heterocycles. The summed E-state index contributed by atoms with van der Waals surface area (Å²) in [6, 6.07) is 8.28. The first-order valence-electron chi connectivity index (χ1n) is 5.88. The molecule has 17 heavy (non-hydrogen) atoms. The van der Waals surface area contributed by atoms with Crippen LogP contribution in [-0.4, -0.2) is 5.78 Å². The summed E-state index contributed by atoms with van der Waals surface area (Å²) >= 11 is 1.57.